The Morgan fingerprint density at radius 1 is 0.738 bits per heavy atom. The van der Waals surface area contributed by atoms with E-state index in [0.717, 1.165) is 58.2 Å². The highest BCUT2D eigenvalue weighted by Gasteiger charge is 2.29. The summed E-state index contributed by atoms with van der Waals surface area (Å²) in [4.78, 5) is 29.4. The molecular formula is C30H36N8O2S2. The summed E-state index contributed by atoms with van der Waals surface area (Å²) < 4.78 is 0. The highest BCUT2D eigenvalue weighted by molar-refractivity contribution is 7.15. The minimum Gasteiger partial charge on any atom is -0.378 e. The van der Waals surface area contributed by atoms with E-state index in [-0.39, 0.29) is 36.5 Å². The van der Waals surface area contributed by atoms with Crippen molar-refractivity contribution in [1.29, 1.82) is 0 Å². The molecule has 0 spiro atoms. The molecule has 220 valence electrons. The van der Waals surface area contributed by atoms with E-state index in [1.54, 1.807) is 0 Å². The van der Waals surface area contributed by atoms with Gasteiger partial charge in [0.15, 0.2) is 0 Å². The Balaban J connectivity index is 1.14. The lowest BCUT2D eigenvalue weighted by atomic mass is 9.82. The molecule has 12 heteroatoms. The van der Waals surface area contributed by atoms with E-state index in [9.17, 15) is 9.59 Å². The molecule has 1 unspecified atom stereocenters. The lowest BCUT2D eigenvalue weighted by Gasteiger charge is -2.25. The zero-order chi connectivity index (χ0) is 29.6. The fraction of sp³-hybridized carbons (Fsp3) is 0.400. The summed E-state index contributed by atoms with van der Waals surface area (Å²) in [6.45, 7) is 0. The predicted octanol–water partition coefficient (Wildman–Crippen LogP) is 5.33. The molecule has 2 atom stereocenters. The first kappa shape index (κ1) is 29.6. The van der Waals surface area contributed by atoms with Crippen molar-refractivity contribution >= 4 is 56.1 Å². The standard InChI is InChI=1S/C30H36N8O2S2/c1-37(2)23-12-5-8-19(14-23)16-25(39)31-29-35-33-27(41-29)21-10-7-11-22(18-21)28-34-36-30(42-28)32-26(40)17-20-9-6-13-24(15-20)38(3)4/h5-6,8-9,12-15,21-22H,7,10-11,16-18H2,1-4H3,(H,31,35,39)(H,32,36,40)/t21-,22?/m0/s1. The van der Waals surface area contributed by atoms with Crippen LogP contribution >= 0.6 is 22.7 Å². The van der Waals surface area contributed by atoms with Crippen LogP contribution in [-0.2, 0) is 22.4 Å². The normalized spacial score (nSPS) is 16.6. The molecule has 1 aliphatic carbocycles. The van der Waals surface area contributed by atoms with E-state index in [1.165, 1.54) is 22.7 Å². The van der Waals surface area contributed by atoms with Crippen molar-refractivity contribution in [1.82, 2.24) is 20.4 Å². The van der Waals surface area contributed by atoms with Crippen LogP contribution < -0.4 is 20.4 Å². The smallest absolute Gasteiger partial charge is 0.230 e. The first-order valence-electron chi connectivity index (χ1n) is 14.0. The van der Waals surface area contributed by atoms with Gasteiger partial charge in [-0.3, -0.25) is 9.59 Å². The number of rotatable bonds is 10. The van der Waals surface area contributed by atoms with Crippen LogP contribution in [0.1, 0.15) is 58.7 Å². The topological polar surface area (TPSA) is 116 Å². The quantitative estimate of drug-likeness (QED) is 0.250. The van der Waals surface area contributed by atoms with Gasteiger partial charge in [-0.2, -0.15) is 0 Å². The van der Waals surface area contributed by atoms with Crippen molar-refractivity contribution in [2.75, 3.05) is 48.6 Å². The highest BCUT2D eigenvalue weighted by atomic mass is 32.1. The molecule has 0 saturated heterocycles. The van der Waals surface area contributed by atoms with E-state index >= 15 is 0 Å². The third-order valence-electron chi connectivity index (χ3n) is 7.33. The van der Waals surface area contributed by atoms with Gasteiger partial charge >= 0.3 is 0 Å². The van der Waals surface area contributed by atoms with Crippen molar-refractivity contribution in [2.45, 2.75) is 50.4 Å². The van der Waals surface area contributed by atoms with Crippen molar-refractivity contribution in [3.63, 3.8) is 0 Å². The Hall–Kier alpha value is -3.90. The summed E-state index contributed by atoms with van der Waals surface area (Å²) in [6, 6.07) is 15.9. The Morgan fingerprint density at radius 2 is 1.19 bits per heavy atom. The van der Waals surface area contributed by atoms with Gasteiger partial charge in [0.2, 0.25) is 22.1 Å². The van der Waals surface area contributed by atoms with Crippen LogP contribution in [0.3, 0.4) is 0 Å². The number of carbonyl (C=O) groups is 2. The Kier molecular flexibility index (Phi) is 9.43. The second-order valence-corrected chi connectivity index (χ2v) is 13.0. The molecule has 2 N–H and O–H groups in total. The lowest BCUT2D eigenvalue weighted by molar-refractivity contribution is -0.116. The van der Waals surface area contributed by atoms with Crippen LogP contribution in [0.25, 0.3) is 0 Å². The molecule has 42 heavy (non-hydrogen) atoms. The van der Waals surface area contributed by atoms with Gasteiger partial charge < -0.3 is 20.4 Å². The summed E-state index contributed by atoms with van der Waals surface area (Å²) in [5, 5.41) is 26.1. The Labute approximate surface area is 254 Å². The zero-order valence-electron chi connectivity index (χ0n) is 24.3. The summed E-state index contributed by atoms with van der Waals surface area (Å²) in [7, 11) is 7.92. The van der Waals surface area contributed by atoms with Crippen LogP contribution in [0, 0.1) is 0 Å². The van der Waals surface area contributed by atoms with Crippen LogP contribution in [0.5, 0.6) is 0 Å². The van der Waals surface area contributed by atoms with Gasteiger partial charge in [0.25, 0.3) is 0 Å². The SMILES string of the molecule is CN(C)c1cccc(CC(=O)Nc2nnc(C3CCC[C@H](c4nnc(NC(=O)Cc5cccc(N(C)C)c5)s4)C3)s2)c1. The number of anilines is 4. The summed E-state index contributed by atoms with van der Waals surface area (Å²) in [6.07, 6.45) is 4.53. The number of hydrogen-bond donors (Lipinski definition) is 2. The van der Waals surface area contributed by atoms with Crippen molar-refractivity contribution in [3.8, 4) is 0 Å². The van der Waals surface area contributed by atoms with Gasteiger partial charge in [-0.15, -0.1) is 20.4 Å². The fourth-order valence-corrected chi connectivity index (χ4v) is 6.94. The maximum atomic E-state index is 12.7. The molecule has 0 radical (unpaired) electrons. The second-order valence-electron chi connectivity index (χ2n) is 11.0. The van der Waals surface area contributed by atoms with Crippen molar-refractivity contribution < 1.29 is 9.59 Å². The number of amides is 2. The molecule has 0 aliphatic heterocycles. The Bertz CT molecular complexity index is 1420. The number of carbonyl (C=O) groups excluding carboxylic acids is 2. The minimum absolute atomic E-state index is 0.107. The van der Waals surface area contributed by atoms with E-state index in [1.807, 2.05) is 86.5 Å². The van der Waals surface area contributed by atoms with Crippen molar-refractivity contribution in [2.24, 2.45) is 0 Å². The molecule has 2 aromatic carbocycles. The van der Waals surface area contributed by atoms with E-state index in [4.69, 9.17) is 0 Å². The van der Waals surface area contributed by atoms with Gasteiger partial charge in [0.1, 0.15) is 10.0 Å². The maximum Gasteiger partial charge on any atom is 0.230 e. The number of nitrogens with one attached hydrogen (secondary N) is 2. The average molecular weight is 605 g/mol. The third-order valence-corrected chi connectivity index (χ3v) is 9.33. The molecule has 2 aromatic heterocycles. The number of benzene rings is 2. The largest absolute Gasteiger partial charge is 0.378 e. The fourth-order valence-electron chi connectivity index (χ4n) is 5.13. The van der Waals surface area contributed by atoms with Gasteiger partial charge in [-0.25, -0.2) is 0 Å². The van der Waals surface area contributed by atoms with Crippen LogP contribution in [0.15, 0.2) is 48.5 Å². The lowest BCUT2D eigenvalue weighted by Crippen LogP contribution is -2.15. The van der Waals surface area contributed by atoms with Gasteiger partial charge in [-0.1, -0.05) is 53.4 Å². The van der Waals surface area contributed by atoms with Gasteiger partial charge in [0, 0.05) is 51.4 Å². The molecule has 1 aliphatic rings. The molecular weight excluding hydrogens is 569 g/mol. The molecule has 1 saturated carbocycles. The number of hydrogen-bond acceptors (Lipinski definition) is 10. The molecule has 2 heterocycles. The maximum absolute atomic E-state index is 12.7. The highest BCUT2D eigenvalue weighted by Crippen LogP contribution is 2.43. The first-order chi connectivity index (χ1) is 20.2. The monoisotopic (exact) mass is 604 g/mol. The molecule has 10 nitrogen and oxygen atoms in total. The number of nitrogens with zero attached hydrogens (tertiary/aromatic N) is 6. The van der Waals surface area contributed by atoms with Gasteiger partial charge in [0.05, 0.1) is 12.8 Å². The van der Waals surface area contributed by atoms with Crippen molar-refractivity contribution in [3.05, 3.63) is 69.7 Å². The molecule has 4 aromatic rings. The minimum atomic E-state index is -0.107. The van der Waals surface area contributed by atoms with Gasteiger partial charge in [-0.05, 0) is 54.7 Å². The third kappa shape index (κ3) is 7.68. The van der Waals surface area contributed by atoms with E-state index in [0.29, 0.717) is 10.3 Å². The Morgan fingerprint density at radius 3 is 1.62 bits per heavy atom. The van der Waals surface area contributed by atoms with Crippen LogP contribution in [0.4, 0.5) is 21.6 Å². The van der Waals surface area contributed by atoms with Crippen LogP contribution in [0.2, 0.25) is 0 Å². The van der Waals surface area contributed by atoms with E-state index < -0.39 is 0 Å². The zero-order valence-corrected chi connectivity index (χ0v) is 26.0. The summed E-state index contributed by atoms with van der Waals surface area (Å²) in [5.41, 5.74) is 4.01. The average Bonchev–Trinajstić information content (AvgIpc) is 3.63. The summed E-state index contributed by atoms with van der Waals surface area (Å²) in [5.74, 6) is 0.275. The van der Waals surface area contributed by atoms with E-state index in [2.05, 4.69) is 31.0 Å². The van der Waals surface area contributed by atoms with Crippen LogP contribution in [-0.4, -0.2) is 60.4 Å². The molecule has 1 fully saturated rings. The molecule has 0 bridgehead atoms. The summed E-state index contributed by atoms with van der Waals surface area (Å²) >= 11 is 2.89. The molecule has 2 amide bonds. The first-order valence-corrected chi connectivity index (χ1v) is 15.7. The number of aromatic nitrogens is 4. The predicted molar refractivity (Wildman–Crippen MR) is 170 cm³/mol. The molecule has 5 rings (SSSR count). The second kappa shape index (κ2) is 13.4.